The van der Waals surface area contributed by atoms with Crippen molar-refractivity contribution >= 4 is 56.6 Å². The lowest BCUT2D eigenvalue weighted by Gasteiger charge is -2.14. The SMILES string of the molecule is Nc1ncc(C(=O)OCc2ccccc2NC(=S)Nc2ccc(-c3ccccc3)nn2)cc1Br. The molecule has 0 unspecified atom stereocenters. The zero-order valence-electron chi connectivity index (χ0n) is 17.7. The number of benzene rings is 2. The van der Waals surface area contributed by atoms with Crippen LogP contribution >= 0.6 is 28.1 Å². The van der Waals surface area contributed by atoms with Crippen LogP contribution in [0.15, 0.2) is 83.5 Å². The van der Waals surface area contributed by atoms with Gasteiger partial charge in [-0.1, -0.05) is 48.5 Å². The molecule has 4 N–H and O–H groups in total. The van der Waals surface area contributed by atoms with Gasteiger partial charge < -0.3 is 21.1 Å². The fourth-order valence-electron chi connectivity index (χ4n) is 2.99. The number of aromatic nitrogens is 3. The van der Waals surface area contributed by atoms with Gasteiger partial charge in [-0.15, -0.1) is 10.2 Å². The maximum atomic E-state index is 12.4. The maximum Gasteiger partial charge on any atom is 0.340 e. The lowest BCUT2D eigenvalue weighted by atomic mass is 10.1. The van der Waals surface area contributed by atoms with Crippen LogP contribution in [0.2, 0.25) is 0 Å². The molecule has 4 aromatic rings. The fourth-order valence-corrected chi connectivity index (χ4v) is 3.55. The molecular weight excluding hydrogens is 516 g/mol. The standard InChI is InChI=1S/C24H19BrN6O2S/c25-18-12-17(13-27-22(18)26)23(32)33-14-16-8-4-5-9-19(16)28-24(34)29-21-11-10-20(30-31-21)15-6-2-1-3-7-15/h1-13H,14H2,(H2,26,27)(H2,28,29,31,34). The van der Waals surface area contributed by atoms with Crippen molar-refractivity contribution in [2.45, 2.75) is 6.61 Å². The molecule has 8 nitrogen and oxygen atoms in total. The molecule has 0 aliphatic carbocycles. The van der Waals surface area contributed by atoms with Crippen molar-refractivity contribution in [1.29, 1.82) is 0 Å². The highest BCUT2D eigenvalue weighted by Gasteiger charge is 2.12. The van der Waals surface area contributed by atoms with Crippen molar-refractivity contribution < 1.29 is 9.53 Å². The third kappa shape index (κ3) is 5.91. The summed E-state index contributed by atoms with van der Waals surface area (Å²) in [6.45, 7) is 0.0399. The van der Waals surface area contributed by atoms with E-state index in [1.807, 2.05) is 60.7 Å². The van der Waals surface area contributed by atoms with Crippen LogP contribution in [-0.2, 0) is 11.3 Å². The van der Waals surface area contributed by atoms with E-state index in [-0.39, 0.29) is 6.61 Å². The predicted octanol–water partition coefficient (Wildman–Crippen LogP) is 5.05. The minimum Gasteiger partial charge on any atom is -0.457 e. The van der Waals surface area contributed by atoms with Crippen LogP contribution in [0.3, 0.4) is 0 Å². The Labute approximate surface area is 209 Å². The molecule has 170 valence electrons. The highest BCUT2D eigenvalue weighted by molar-refractivity contribution is 9.10. The second kappa shape index (κ2) is 10.8. The number of hydrogen-bond donors (Lipinski definition) is 3. The first-order chi connectivity index (χ1) is 16.5. The van der Waals surface area contributed by atoms with Crippen LogP contribution in [0.1, 0.15) is 15.9 Å². The second-order valence-corrected chi connectivity index (χ2v) is 8.34. The van der Waals surface area contributed by atoms with E-state index in [4.69, 9.17) is 22.7 Å². The van der Waals surface area contributed by atoms with Gasteiger partial charge in [0.15, 0.2) is 10.9 Å². The molecule has 0 amide bonds. The van der Waals surface area contributed by atoms with Gasteiger partial charge in [0.2, 0.25) is 0 Å². The molecule has 2 aromatic heterocycles. The van der Waals surface area contributed by atoms with E-state index in [1.165, 1.54) is 6.20 Å². The Kier molecular flexibility index (Phi) is 7.41. The summed E-state index contributed by atoms with van der Waals surface area (Å²) in [5.41, 5.74) is 9.14. The van der Waals surface area contributed by atoms with Crippen LogP contribution in [0.4, 0.5) is 17.3 Å². The number of para-hydroxylation sites is 1. The number of anilines is 3. The number of nitrogens with one attached hydrogen (secondary N) is 2. The summed E-state index contributed by atoms with van der Waals surface area (Å²) in [6.07, 6.45) is 1.37. The summed E-state index contributed by atoms with van der Waals surface area (Å²) in [4.78, 5) is 16.3. The molecule has 2 heterocycles. The molecule has 0 atom stereocenters. The molecule has 0 aliphatic rings. The van der Waals surface area contributed by atoms with E-state index < -0.39 is 5.97 Å². The van der Waals surface area contributed by atoms with E-state index >= 15 is 0 Å². The van der Waals surface area contributed by atoms with Gasteiger partial charge in [0, 0.05) is 23.0 Å². The number of nitrogen functional groups attached to an aromatic ring is 1. The van der Waals surface area contributed by atoms with Crippen LogP contribution in [0.25, 0.3) is 11.3 Å². The molecule has 0 bridgehead atoms. The summed E-state index contributed by atoms with van der Waals surface area (Å²) >= 11 is 8.68. The number of nitrogens with two attached hydrogens (primary N) is 1. The van der Waals surface area contributed by atoms with Crippen molar-refractivity contribution in [3.63, 3.8) is 0 Å². The monoisotopic (exact) mass is 534 g/mol. The van der Waals surface area contributed by atoms with Crippen molar-refractivity contribution in [3.8, 4) is 11.3 Å². The van der Waals surface area contributed by atoms with E-state index in [1.54, 1.807) is 12.1 Å². The molecule has 0 fully saturated rings. The summed E-state index contributed by atoms with van der Waals surface area (Å²) in [6, 6.07) is 22.4. The lowest BCUT2D eigenvalue weighted by molar-refractivity contribution is 0.0473. The molecule has 10 heteroatoms. The van der Waals surface area contributed by atoms with Gasteiger partial charge in [0.25, 0.3) is 0 Å². The van der Waals surface area contributed by atoms with Crippen molar-refractivity contribution in [3.05, 3.63) is 94.6 Å². The number of ether oxygens (including phenoxy) is 1. The molecule has 4 rings (SSSR count). The highest BCUT2D eigenvalue weighted by Crippen LogP contribution is 2.21. The Balaban J connectivity index is 1.37. The van der Waals surface area contributed by atoms with Gasteiger partial charge in [0.1, 0.15) is 12.4 Å². The summed E-state index contributed by atoms with van der Waals surface area (Å²) in [5.74, 6) is 0.284. The molecule has 0 spiro atoms. The number of halogens is 1. The molecule has 0 saturated heterocycles. The average Bonchev–Trinajstić information content (AvgIpc) is 2.86. The Morgan fingerprint density at radius 2 is 1.76 bits per heavy atom. The van der Waals surface area contributed by atoms with E-state index in [0.29, 0.717) is 32.5 Å². The number of pyridine rings is 1. The van der Waals surface area contributed by atoms with Gasteiger partial charge in [-0.05, 0) is 52.4 Å². The highest BCUT2D eigenvalue weighted by atomic mass is 79.9. The number of carbonyl (C=O) groups excluding carboxylic acids is 1. The Hall–Kier alpha value is -3.89. The van der Waals surface area contributed by atoms with Gasteiger partial charge in [-0.3, -0.25) is 0 Å². The van der Waals surface area contributed by atoms with Crippen LogP contribution in [0.5, 0.6) is 0 Å². The third-order valence-corrected chi connectivity index (χ3v) is 5.54. The van der Waals surface area contributed by atoms with Gasteiger partial charge in [-0.2, -0.15) is 0 Å². The third-order valence-electron chi connectivity index (χ3n) is 4.71. The maximum absolute atomic E-state index is 12.4. The summed E-state index contributed by atoms with van der Waals surface area (Å²) in [7, 11) is 0. The average molecular weight is 535 g/mol. The van der Waals surface area contributed by atoms with Crippen LogP contribution in [0, 0.1) is 0 Å². The molecular formula is C24H19BrN6O2S. The Morgan fingerprint density at radius 3 is 2.50 bits per heavy atom. The van der Waals surface area contributed by atoms with Crippen LogP contribution in [-0.4, -0.2) is 26.3 Å². The van der Waals surface area contributed by atoms with Crippen molar-refractivity contribution in [1.82, 2.24) is 15.2 Å². The largest absolute Gasteiger partial charge is 0.457 e. The van der Waals surface area contributed by atoms with E-state index in [0.717, 1.165) is 16.8 Å². The van der Waals surface area contributed by atoms with E-state index in [2.05, 4.69) is 41.7 Å². The number of thiocarbonyl (C=S) groups is 1. The number of esters is 1. The smallest absolute Gasteiger partial charge is 0.340 e. The number of carbonyl (C=O) groups is 1. The zero-order chi connectivity index (χ0) is 23.9. The number of hydrogen-bond acceptors (Lipinski definition) is 7. The molecule has 0 saturated carbocycles. The van der Waals surface area contributed by atoms with E-state index in [9.17, 15) is 4.79 Å². The molecule has 2 aromatic carbocycles. The van der Waals surface area contributed by atoms with Gasteiger partial charge in [-0.25, -0.2) is 9.78 Å². The molecule has 34 heavy (non-hydrogen) atoms. The van der Waals surface area contributed by atoms with Crippen LogP contribution < -0.4 is 16.4 Å². The predicted molar refractivity (Wildman–Crippen MR) is 139 cm³/mol. The first-order valence-electron chi connectivity index (χ1n) is 10.1. The summed E-state index contributed by atoms with van der Waals surface area (Å²) in [5, 5.41) is 14.9. The molecule has 0 radical (unpaired) electrons. The zero-order valence-corrected chi connectivity index (χ0v) is 20.1. The first-order valence-corrected chi connectivity index (χ1v) is 11.3. The second-order valence-electron chi connectivity index (χ2n) is 7.07. The number of nitrogens with zero attached hydrogens (tertiary/aromatic N) is 3. The molecule has 0 aliphatic heterocycles. The first kappa shape index (κ1) is 23.3. The minimum absolute atomic E-state index is 0.0399. The topological polar surface area (TPSA) is 115 Å². The fraction of sp³-hybridized carbons (Fsp3) is 0.0417. The normalized spacial score (nSPS) is 10.4. The van der Waals surface area contributed by atoms with Crippen molar-refractivity contribution in [2.24, 2.45) is 0 Å². The van der Waals surface area contributed by atoms with Gasteiger partial charge >= 0.3 is 5.97 Å². The minimum atomic E-state index is -0.516. The summed E-state index contributed by atoms with van der Waals surface area (Å²) < 4.78 is 5.97. The lowest BCUT2D eigenvalue weighted by Crippen LogP contribution is -2.21. The number of rotatable bonds is 6. The van der Waals surface area contributed by atoms with Crippen molar-refractivity contribution in [2.75, 3.05) is 16.4 Å². The Bertz CT molecular complexity index is 1320. The quantitative estimate of drug-likeness (QED) is 0.231. The van der Waals surface area contributed by atoms with Gasteiger partial charge in [0.05, 0.1) is 15.7 Å². The Morgan fingerprint density at radius 1 is 1.00 bits per heavy atom.